The minimum atomic E-state index is -1.05. The molecule has 0 unspecified atom stereocenters. The number of rotatable bonds is 6. The van der Waals surface area contributed by atoms with Crippen LogP contribution in [0, 0.1) is 0 Å². The SMILES string of the molecule is COc1ccc(C23OOC(c4ccc(OC)cc4OC)(c4ccccc42)c2ccccc23)c(OC)c1. The summed E-state index contributed by atoms with van der Waals surface area (Å²) < 4.78 is 22.6. The van der Waals surface area contributed by atoms with E-state index in [1.54, 1.807) is 28.4 Å². The molecule has 4 aromatic rings. The Kier molecular flexibility index (Phi) is 5.18. The molecule has 0 radical (unpaired) electrons. The summed E-state index contributed by atoms with van der Waals surface area (Å²) in [4.78, 5) is 13.1. The first kappa shape index (κ1) is 22.5. The highest BCUT2D eigenvalue weighted by Gasteiger charge is 2.62. The molecule has 1 aliphatic carbocycles. The molecule has 0 saturated carbocycles. The molecule has 4 aromatic carbocycles. The molecule has 0 saturated heterocycles. The molecule has 3 aliphatic rings. The highest BCUT2D eigenvalue weighted by Crippen LogP contribution is 2.63. The second kappa shape index (κ2) is 8.29. The van der Waals surface area contributed by atoms with Gasteiger partial charge in [-0.05, 0) is 24.3 Å². The lowest BCUT2D eigenvalue weighted by Crippen LogP contribution is -2.53. The lowest BCUT2D eigenvalue weighted by Gasteiger charge is -2.53. The minimum Gasteiger partial charge on any atom is -0.497 e. The topological polar surface area (TPSA) is 55.4 Å². The molecule has 36 heavy (non-hydrogen) atoms. The van der Waals surface area contributed by atoms with Gasteiger partial charge in [-0.3, -0.25) is 0 Å². The lowest BCUT2D eigenvalue weighted by molar-refractivity contribution is -0.410. The Morgan fingerprint density at radius 2 is 0.806 bits per heavy atom. The maximum atomic E-state index is 6.53. The summed E-state index contributed by atoms with van der Waals surface area (Å²) in [7, 11) is 6.56. The number of benzene rings is 4. The van der Waals surface area contributed by atoms with E-state index in [-0.39, 0.29) is 0 Å². The zero-order valence-corrected chi connectivity index (χ0v) is 20.5. The van der Waals surface area contributed by atoms with Crippen LogP contribution in [0.2, 0.25) is 0 Å². The first-order valence-corrected chi connectivity index (χ1v) is 11.7. The van der Waals surface area contributed by atoms with Gasteiger partial charge in [0, 0.05) is 45.5 Å². The van der Waals surface area contributed by atoms with E-state index in [0.29, 0.717) is 23.0 Å². The Labute approximate surface area is 209 Å². The summed E-state index contributed by atoms with van der Waals surface area (Å²) in [6.45, 7) is 0. The van der Waals surface area contributed by atoms with Gasteiger partial charge in [0.25, 0.3) is 0 Å². The van der Waals surface area contributed by atoms with Crippen LogP contribution in [0.1, 0.15) is 33.4 Å². The summed E-state index contributed by atoms with van der Waals surface area (Å²) in [5.74, 6) is 2.66. The average Bonchev–Trinajstić information content (AvgIpc) is 2.96. The van der Waals surface area contributed by atoms with E-state index in [0.717, 1.165) is 33.4 Å². The van der Waals surface area contributed by atoms with Crippen LogP contribution < -0.4 is 18.9 Å². The summed E-state index contributed by atoms with van der Waals surface area (Å²) >= 11 is 0. The van der Waals surface area contributed by atoms with Gasteiger partial charge in [-0.2, -0.15) is 0 Å². The zero-order valence-electron chi connectivity index (χ0n) is 20.5. The van der Waals surface area contributed by atoms with E-state index in [9.17, 15) is 0 Å². The van der Waals surface area contributed by atoms with E-state index < -0.39 is 11.2 Å². The van der Waals surface area contributed by atoms with Gasteiger partial charge in [-0.15, -0.1) is 0 Å². The Bertz CT molecular complexity index is 1300. The molecule has 0 amide bonds. The van der Waals surface area contributed by atoms with Crippen LogP contribution in [-0.4, -0.2) is 28.4 Å². The smallest absolute Gasteiger partial charge is 0.183 e. The fourth-order valence-corrected chi connectivity index (χ4v) is 5.64. The van der Waals surface area contributed by atoms with Crippen LogP contribution in [0.4, 0.5) is 0 Å². The second-order valence-electron chi connectivity index (χ2n) is 8.75. The molecule has 2 aliphatic heterocycles. The molecule has 6 nitrogen and oxygen atoms in total. The van der Waals surface area contributed by atoms with E-state index in [4.69, 9.17) is 28.7 Å². The Balaban J connectivity index is 1.71. The Hall–Kier alpha value is -4.00. The summed E-state index contributed by atoms with van der Waals surface area (Å²) in [5, 5.41) is 0. The van der Waals surface area contributed by atoms with Crippen molar-refractivity contribution in [2.75, 3.05) is 28.4 Å². The monoisotopic (exact) mass is 482 g/mol. The fourth-order valence-electron chi connectivity index (χ4n) is 5.64. The van der Waals surface area contributed by atoms with Crippen LogP contribution in [0.3, 0.4) is 0 Å². The van der Waals surface area contributed by atoms with Crippen molar-refractivity contribution >= 4 is 0 Å². The van der Waals surface area contributed by atoms with E-state index in [1.807, 2.05) is 60.7 Å². The van der Waals surface area contributed by atoms with Gasteiger partial charge < -0.3 is 18.9 Å². The van der Waals surface area contributed by atoms with Crippen molar-refractivity contribution in [3.63, 3.8) is 0 Å². The Morgan fingerprint density at radius 3 is 1.11 bits per heavy atom. The maximum absolute atomic E-state index is 6.53. The van der Waals surface area contributed by atoms with Gasteiger partial charge in [0.2, 0.25) is 0 Å². The third-order valence-corrected chi connectivity index (χ3v) is 7.24. The predicted octanol–water partition coefficient (Wildman–Crippen LogP) is 5.58. The number of hydrogen-bond donors (Lipinski definition) is 0. The second-order valence-corrected chi connectivity index (χ2v) is 8.75. The van der Waals surface area contributed by atoms with Crippen LogP contribution in [0.5, 0.6) is 23.0 Å². The van der Waals surface area contributed by atoms with E-state index >= 15 is 0 Å². The minimum absolute atomic E-state index is 0.638. The maximum Gasteiger partial charge on any atom is 0.183 e. The van der Waals surface area contributed by atoms with Crippen molar-refractivity contribution in [3.8, 4) is 23.0 Å². The first-order valence-electron chi connectivity index (χ1n) is 11.7. The molecule has 0 aromatic heterocycles. The Morgan fingerprint density at radius 1 is 0.444 bits per heavy atom. The molecule has 0 spiro atoms. The number of ether oxygens (including phenoxy) is 4. The molecule has 6 heteroatoms. The summed E-state index contributed by atoms with van der Waals surface area (Å²) in [6.07, 6.45) is 0. The number of methoxy groups -OCH3 is 4. The third kappa shape index (κ3) is 2.80. The van der Waals surface area contributed by atoms with Crippen LogP contribution in [-0.2, 0) is 21.0 Å². The summed E-state index contributed by atoms with van der Waals surface area (Å²) in [6, 6.07) is 27.9. The molecular formula is C30H26O6. The van der Waals surface area contributed by atoms with Gasteiger partial charge >= 0.3 is 0 Å². The lowest BCUT2D eigenvalue weighted by atomic mass is 9.62. The largest absolute Gasteiger partial charge is 0.497 e. The van der Waals surface area contributed by atoms with Crippen molar-refractivity contribution in [3.05, 3.63) is 118 Å². The molecule has 0 fully saturated rings. The van der Waals surface area contributed by atoms with Crippen molar-refractivity contribution in [2.45, 2.75) is 11.2 Å². The van der Waals surface area contributed by atoms with Gasteiger partial charge in [0.05, 0.1) is 28.4 Å². The van der Waals surface area contributed by atoms with Gasteiger partial charge in [-0.1, -0.05) is 48.5 Å². The first-order chi connectivity index (χ1) is 17.6. The molecule has 0 atom stereocenters. The normalized spacial score (nSPS) is 21.3. The van der Waals surface area contributed by atoms with Gasteiger partial charge in [0.1, 0.15) is 23.0 Å². The van der Waals surface area contributed by atoms with Crippen molar-refractivity contribution in [1.82, 2.24) is 0 Å². The number of fused-ring (bicyclic) bond motifs is 1. The summed E-state index contributed by atoms with van der Waals surface area (Å²) in [5.41, 5.74) is 3.42. The quantitative estimate of drug-likeness (QED) is 0.335. The molecule has 0 N–H and O–H groups in total. The van der Waals surface area contributed by atoms with E-state index in [2.05, 4.69) is 24.3 Å². The van der Waals surface area contributed by atoms with Crippen LogP contribution >= 0.6 is 0 Å². The van der Waals surface area contributed by atoms with Crippen LogP contribution in [0.25, 0.3) is 0 Å². The molecule has 182 valence electrons. The van der Waals surface area contributed by atoms with Crippen molar-refractivity contribution in [2.24, 2.45) is 0 Å². The molecular weight excluding hydrogens is 456 g/mol. The molecule has 7 rings (SSSR count). The van der Waals surface area contributed by atoms with Crippen LogP contribution in [0.15, 0.2) is 84.9 Å². The van der Waals surface area contributed by atoms with Gasteiger partial charge in [0.15, 0.2) is 11.2 Å². The highest BCUT2D eigenvalue weighted by molar-refractivity contribution is 5.69. The van der Waals surface area contributed by atoms with Gasteiger partial charge in [-0.25, -0.2) is 9.78 Å². The van der Waals surface area contributed by atoms with Crippen molar-refractivity contribution in [1.29, 1.82) is 0 Å². The fraction of sp³-hybridized carbons (Fsp3) is 0.200. The van der Waals surface area contributed by atoms with E-state index in [1.165, 1.54) is 0 Å². The average molecular weight is 483 g/mol. The highest BCUT2D eigenvalue weighted by atomic mass is 17.2. The number of hydrogen-bond acceptors (Lipinski definition) is 6. The molecule has 2 heterocycles. The molecule has 2 bridgehead atoms. The standard InChI is InChI=1S/C30H26O6/c1-31-19-13-15-25(27(17-19)33-3)29-21-9-5-7-11-23(21)30(36-35-29,24-12-8-6-10-22(24)29)26-16-14-20(32-2)18-28(26)34-4/h5-18H,1-4H3. The third-order valence-electron chi connectivity index (χ3n) is 7.24. The zero-order chi connectivity index (χ0) is 24.9. The van der Waals surface area contributed by atoms with Crippen molar-refractivity contribution < 1.29 is 28.7 Å². The predicted molar refractivity (Wildman–Crippen MR) is 134 cm³/mol.